The van der Waals surface area contributed by atoms with Crippen LogP contribution in [0.2, 0.25) is 0 Å². The van der Waals surface area contributed by atoms with E-state index >= 15 is 0 Å². The Bertz CT molecular complexity index is 1060. The molecule has 0 aliphatic carbocycles. The third-order valence-electron chi connectivity index (χ3n) is 3.47. The SMILES string of the molecule is C=CCn1c(Sc2ncnc3nc(SC)sc23)nnc1-c1ccncc1. The number of rotatable bonds is 6. The Morgan fingerprint density at radius 2 is 2.08 bits per heavy atom. The van der Waals surface area contributed by atoms with E-state index in [0.717, 1.165) is 30.6 Å². The van der Waals surface area contributed by atoms with Crippen LogP contribution in [0.5, 0.6) is 0 Å². The summed E-state index contributed by atoms with van der Waals surface area (Å²) in [4.78, 5) is 17.2. The molecule has 0 aromatic carbocycles. The first-order chi connectivity index (χ1) is 12.8. The maximum Gasteiger partial charge on any atom is 0.198 e. The maximum absolute atomic E-state index is 4.50. The Hall–Kier alpha value is -2.30. The van der Waals surface area contributed by atoms with Crippen LogP contribution in [0.3, 0.4) is 0 Å². The molecule has 0 radical (unpaired) electrons. The fraction of sp³-hybridized carbons (Fsp3) is 0.125. The number of aromatic nitrogens is 7. The summed E-state index contributed by atoms with van der Waals surface area (Å²) in [6.07, 6.45) is 8.84. The van der Waals surface area contributed by atoms with Crippen molar-refractivity contribution < 1.29 is 0 Å². The Kier molecular flexibility index (Phi) is 4.96. The van der Waals surface area contributed by atoms with Crippen molar-refractivity contribution in [3.63, 3.8) is 0 Å². The van der Waals surface area contributed by atoms with Crippen LogP contribution >= 0.6 is 34.9 Å². The second-order valence-electron chi connectivity index (χ2n) is 5.06. The van der Waals surface area contributed by atoms with Gasteiger partial charge in [-0.3, -0.25) is 9.55 Å². The fourth-order valence-corrected chi connectivity index (χ4v) is 4.79. The van der Waals surface area contributed by atoms with Gasteiger partial charge in [-0.1, -0.05) is 17.8 Å². The summed E-state index contributed by atoms with van der Waals surface area (Å²) >= 11 is 4.64. The first-order valence-electron chi connectivity index (χ1n) is 7.58. The van der Waals surface area contributed by atoms with Gasteiger partial charge >= 0.3 is 0 Å². The van der Waals surface area contributed by atoms with E-state index in [-0.39, 0.29) is 0 Å². The second kappa shape index (κ2) is 7.52. The number of hydrogen-bond donors (Lipinski definition) is 0. The van der Waals surface area contributed by atoms with E-state index in [1.807, 2.05) is 29.0 Å². The van der Waals surface area contributed by atoms with Crippen LogP contribution in [0.15, 0.2) is 58.0 Å². The van der Waals surface area contributed by atoms with Gasteiger partial charge in [0.25, 0.3) is 0 Å². The van der Waals surface area contributed by atoms with Crippen LogP contribution in [-0.4, -0.2) is 41.0 Å². The molecule has 0 atom stereocenters. The molecule has 4 aromatic rings. The topological polar surface area (TPSA) is 82.3 Å². The van der Waals surface area contributed by atoms with Gasteiger partial charge < -0.3 is 0 Å². The molecule has 4 aromatic heterocycles. The highest BCUT2D eigenvalue weighted by molar-refractivity contribution is 8.00. The number of nitrogens with zero attached hydrogens (tertiary/aromatic N) is 7. The van der Waals surface area contributed by atoms with Crippen molar-refractivity contribution in [2.75, 3.05) is 6.26 Å². The molecule has 0 aliphatic rings. The molecule has 130 valence electrons. The lowest BCUT2D eigenvalue weighted by Gasteiger charge is -2.07. The molecular weight excluding hydrogens is 386 g/mol. The van der Waals surface area contributed by atoms with E-state index in [0.29, 0.717) is 12.2 Å². The summed E-state index contributed by atoms with van der Waals surface area (Å²) < 4.78 is 3.94. The standard InChI is InChI=1S/C16H13N7S3/c1-3-8-23-13(10-4-6-17-7-5-10)21-22-15(23)26-14-11-12(18-9-19-14)20-16(24-2)25-11/h3-7,9H,1,8H2,2H3. The van der Waals surface area contributed by atoms with Crippen LogP contribution in [0.1, 0.15) is 0 Å². The Morgan fingerprint density at radius 3 is 2.85 bits per heavy atom. The van der Waals surface area contributed by atoms with Gasteiger partial charge in [0.05, 0.1) is 0 Å². The van der Waals surface area contributed by atoms with Gasteiger partial charge in [-0.15, -0.1) is 28.1 Å². The Morgan fingerprint density at radius 1 is 1.23 bits per heavy atom. The normalized spacial score (nSPS) is 11.1. The zero-order valence-electron chi connectivity index (χ0n) is 13.7. The molecule has 0 bridgehead atoms. The average Bonchev–Trinajstić information content (AvgIpc) is 3.28. The highest BCUT2D eigenvalue weighted by Crippen LogP contribution is 2.36. The minimum atomic E-state index is 0.597. The molecule has 0 saturated carbocycles. The van der Waals surface area contributed by atoms with Crippen LogP contribution < -0.4 is 0 Å². The van der Waals surface area contributed by atoms with Gasteiger partial charge in [-0.25, -0.2) is 15.0 Å². The van der Waals surface area contributed by atoms with Gasteiger partial charge in [0.1, 0.15) is 16.1 Å². The van der Waals surface area contributed by atoms with Crippen LogP contribution in [-0.2, 0) is 6.54 Å². The van der Waals surface area contributed by atoms with Gasteiger partial charge in [0.15, 0.2) is 21.0 Å². The van der Waals surface area contributed by atoms with E-state index in [2.05, 4.69) is 36.7 Å². The minimum Gasteiger partial charge on any atom is -0.298 e. The highest BCUT2D eigenvalue weighted by Gasteiger charge is 2.18. The van der Waals surface area contributed by atoms with Gasteiger partial charge in [-0.05, 0) is 30.2 Å². The van der Waals surface area contributed by atoms with Crippen molar-refractivity contribution in [1.82, 2.24) is 34.7 Å². The Labute approximate surface area is 162 Å². The summed E-state index contributed by atoms with van der Waals surface area (Å²) in [5.74, 6) is 0.772. The number of pyridine rings is 1. The molecule has 10 heteroatoms. The van der Waals surface area contributed by atoms with Crippen LogP contribution in [0.25, 0.3) is 21.7 Å². The molecule has 4 rings (SSSR count). The number of hydrogen-bond acceptors (Lipinski definition) is 9. The summed E-state index contributed by atoms with van der Waals surface area (Å²) in [7, 11) is 0. The molecular formula is C16H13N7S3. The monoisotopic (exact) mass is 399 g/mol. The van der Waals surface area contributed by atoms with Crippen molar-refractivity contribution in [1.29, 1.82) is 0 Å². The third-order valence-corrected chi connectivity index (χ3v) is 6.62. The molecule has 7 nitrogen and oxygen atoms in total. The van der Waals surface area contributed by atoms with Crippen molar-refractivity contribution >= 4 is 45.2 Å². The number of allylic oxidation sites excluding steroid dienone is 1. The molecule has 4 heterocycles. The molecule has 0 fully saturated rings. The zero-order chi connectivity index (χ0) is 17.9. The van der Waals surface area contributed by atoms with Crippen molar-refractivity contribution in [2.24, 2.45) is 0 Å². The Balaban J connectivity index is 1.76. The van der Waals surface area contributed by atoms with Crippen LogP contribution in [0, 0.1) is 0 Å². The number of thiazole rings is 1. The average molecular weight is 400 g/mol. The minimum absolute atomic E-state index is 0.597. The first-order valence-corrected chi connectivity index (χ1v) is 10.4. The van der Waals surface area contributed by atoms with Gasteiger partial charge in [0, 0.05) is 24.5 Å². The van der Waals surface area contributed by atoms with E-state index in [9.17, 15) is 0 Å². The number of thioether (sulfide) groups is 1. The lowest BCUT2D eigenvalue weighted by atomic mass is 10.2. The lowest BCUT2D eigenvalue weighted by Crippen LogP contribution is -2.00. The van der Waals surface area contributed by atoms with Gasteiger partial charge in [0.2, 0.25) is 0 Å². The zero-order valence-corrected chi connectivity index (χ0v) is 16.2. The first kappa shape index (κ1) is 17.1. The van der Waals surface area contributed by atoms with E-state index in [4.69, 9.17) is 0 Å². The second-order valence-corrected chi connectivity index (χ2v) is 8.07. The highest BCUT2D eigenvalue weighted by atomic mass is 32.2. The quantitative estimate of drug-likeness (QED) is 0.275. The predicted octanol–water partition coefficient (Wildman–Crippen LogP) is 3.80. The largest absolute Gasteiger partial charge is 0.298 e. The van der Waals surface area contributed by atoms with E-state index in [1.165, 1.54) is 18.1 Å². The lowest BCUT2D eigenvalue weighted by molar-refractivity contribution is 0.730. The molecule has 26 heavy (non-hydrogen) atoms. The van der Waals surface area contributed by atoms with Crippen LogP contribution in [0.4, 0.5) is 0 Å². The molecule has 0 saturated heterocycles. The third kappa shape index (κ3) is 3.22. The molecule has 0 unspecified atom stereocenters. The van der Waals surface area contributed by atoms with Crippen molar-refractivity contribution in [3.05, 3.63) is 43.5 Å². The predicted molar refractivity (Wildman–Crippen MR) is 105 cm³/mol. The van der Waals surface area contributed by atoms with Gasteiger partial charge in [-0.2, -0.15) is 0 Å². The molecule has 0 spiro atoms. The number of fused-ring (bicyclic) bond motifs is 1. The maximum atomic E-state index is 4.50. The summed E-state index contributed by atoms with van der Waals surface area (Å²) in [6, 6.07) is 3.82. The smallest absolute Gasteiger partial charge is 0.198 e. The van der Waals surface area contributed by atoms with E-state index in [1.54, 1.807) is 35.5 Å². The summed E-state index contributed by atoms with van der Waals surface area (Å²) in [6.45, 7) is 4.45. The molecule has 0 N–H and O–H groups in total. The van der Waals surface area contributed by atoms with E-state index < -0.39 is 0 Å². The molecule has 0 aliphatic heterocycles. The molecule has 0 amide bonds. The van der Waals surface area contributed by atoms with Crippen molar-refractivity contribution in [3.8, 4) is 11.4 Å². The fourth-order valence-electron chi connectivity index (χ4n) is 2.33. The van der Waals surface area contributed by atoms with Crippen molar-refractivity contribution in [2.45, 2.75) is 21.1 Å². The summed E-state index contributed by atoms with van der Waals surface area (Å²) in [5, 5.41) is 10.3. The summed E-state index contributed by atoms with van der Waals surface area (Å²) in [5.41, 5.74) is 1.66.